The number of ether oxygens (including phenoxy) is 1. The Balaban J connectivity index is 2.40. The molecule has 140 valence electrons. The highest BCUT2D eigenvalue weighted by molar-refractivity contribution is 9.10. The molecule has 26 heavy (non-hydrogen) atoms. The van der Waals surface area contributed by atoms with E-state index in [1.54, 1.807) is 36.4 Å². The fourth-order valence-corrected chi connectivity index (χ4v) is 4.02. The van der Waals surface area contributed by atoms with Crippen LogP contribution in [-0.2, 0) is 10.0 Å². The Labute approximate surface area is 162 Å². The van der Waals surface area contributed by atoms with Crippen LogP contribution in [0.5, 0.6) is 5.75 Å². The first-order valence-electron chi connectivity index (χ1n) is 8.04. The lowest BCUT2D eigenvalue weighted by Crippen LogP contribution is -2.32. The first-order valence-corrected chi connectivity index (χ1v) is 10.3. The summed E-state index contributed by atoms with van der Waals surface area (Å²) in [6.07, 6.45) is 0.773. The smallest absolute Gasteiger partial charge is 0.265 e. The highest BCUT2D eigenvalue weighted by Crippen LogP contribution is 2.29. The van der Waals surface area contributed by atoms with Gasteiger partial charge in [-0.05, 0) is 43.7 Å². The Morgan fingerprint density at radius 1 is 1.23 bits per heavy atom. The van der Waals surface area contributed by atoms with Gasteiger partial charge in [0.2, 0.25) is 0 Å². The number of anilines is 1. The van der Waals surface area contributed by atoms with Gasteiger partial charge < -0.3 is 10.1 Å². The van der Waals surface area contributed by atoms with E-state index in [-0.39, 0.29) is 33.8 Å². The fraction of sp³-hybridized carbons (Fsp3) is 0.278. The molecule has 0 bridgehead atoms. The molecule has 2 rings (SSSR count). The third-order valence-corrected chi connectivity index (χ3v) is 5.70. The second-order valence-corrected chi connectivity index (χ2v) is 8.30. The lowest BCUT2D eigenvalue weighted by Gasteiger charge is -2.16. The summed E-state index contributed by atoms with van der Waals surface area (Å²) in [5.41, 5.74) is 0.459. The quantitative estimate of drug-likeness (QED) is 0.685. The van der Waals surface area contributed by atoms with Crippen LogP contribution in [0.2, 0.25) is 0 Å². The van der Waals surface area contributed by atoms with Crippen molar-refractivity contribution in [2.75, 3.05) is 11.8 Å². The van der Waals surface area contributed by atoms with Crippen LogP contribution in [0.1, 0.15) is 30.6 Å². The molecule has 0 aliphatic rings. The van der Waals surface area contributed by atoms with Gasteiger partial charge in [0.1, 0.15) is 10.6 Å². The summed E-state index contributed by atoms with van der Waals surface area (Å²) in [6, 6.07) is 11.1. The molecular weight excluding hydrogens is 420 g/mol. The Hall–Kier alpha value is -2.06. The van der Waals surface area contributed by atoms with E-state index in [2.05, 4.69) is 26.0 Å². The minimum atomic E-state index is -3.95. The molecule has 0 saturated heterocycles. The van der Waals surface area contributed by atoms with E-state index in [1.165, 1.54) is 13.2 Å². The number of sulfonamides is 1. The molecule has 0 heterocycles. The summed E-state index contributed by atoms with van der Waals surface area (Å²) in [5, 5.41) is 2.84. The Kier molecular flexibility index (Phi) is 6.66. The van der Waals surface area contributed by atoms with Gasteiger partial charge in [0.25, 0.3) is 15.9 Å². The van der Waals surface area contributed by atoms with Crippen LogP contribution in [0.25, 0.3) is 0 Å². The number of hydrogen-bond donors (Lipinski definition) is 2. The van der Waals surface area contributed by atoms with Crippen molar-refractivity contribution in [2.24, 2.45) is 0 Å². The Morgan fingerprint density at radius 2 is 1.92 bits per heavy atom. The van der Waals surface area contributed by atoms with E-state index in [0.717, 1.165) is 6.42 Å². The molecule has 1 atom stereocenters. The summed E-state index contributed by atoms with van der Waals surface area (Å²) in [7, 11) is -2.56. The second kappa shape index (κ2) is 8.55. The number of halogens is 1. The van der Waals surface area contributed by atoms with Crippen LogP contribution in [0.3, 0.4) is 0 Å². The molecule has 1 amide bonds. The van der Waals surface area contributed by atoms with Crippen molar-refractivity contribution in [3.63, 3.8) is 0 Å². The molecule has 0 saturated carbocycles. The average Bonchev–Trinajstić information content (AvgIpc) is 2.61. The van der Waals surface area contributed by atoms with Crippen molar-refractivity contribution < 1.29 is 17.9 Å². The van der Waals surface area contributed by atoms with Crippen LogP contribution >= 0.6 is 15.9 Å². The third-order valence-electron chi connectivity index (χ3n) is 3.82. The van der Waals surface area contributed by atoms with Gasteiger partial charge in [0.15, 0.2) is 0 Å². The normalized spacial score (nSPS) is 12.3. The van der Waals surface area contributed by atoms with Gasteiger partial charge in [0.05, 0.1) is 18.4 Å². The minimum Gasteiger partial charge on any atom is -0.495 e. The van der Waals surface area contributed by atoms with Crippen molar-refractivity contribution in [3.8, 4) is 5.75 Å². The van der Waals surface area contributed by atoms with Crippen LogP contribution in [-0.4, -0.2) is 27.5 Å². The van der Waals surface area contributed by atoms with E-state index < -0.39 is 10.0 Å². The third kappa shape index (κ3) is 4.76. The monoisotopic (exact) mass is 440 g/mol. The number of benzene rings is 2. The van der Waals surface area contributed by atoms with Gasteiger partial charge in [-0.2, -0.15) is 0 Å². The number of amides is 1. The molecule has 0 aliphatic heterocycles. The number of rotatable bonds is 7. The first-order chi connectivity index (χ1) is 12.3. The molecule has 2 N–H and O–H groups in total. The molecular formula is C18H21BrN2O4S. The van der Waals surface area contributed by atoms with Crippen molar-refractivity contribution in [2.45, 2.75) is 31.2 Å². The van der Waals surface area contributed by atoms with Gasteiger partial charge in [-0.1, -0.05) is 35.0 Å². The van der Waals surface area contributed by atoms with Gasteiger partial charge in [0, 0.05) is 10.5 Å². The zero-order valence-electron chi connectivity index (χ0n) is 14.7. The topological polar surface area (TPSA) is 84.5 Å². The molecule has 2 aromatic carbocycles. The summed E-state index contributed by atoms with van der Waals surface area (Å²) >= 11 is 3.26. The Morgan fingerprint density at radius 3 is 2.58 bits per heavy atom. The molecule has 8 heteroatoms. The van der Waals surface area contributed by atoms with Crippen molar-refractivity contribution in [1.29, 1.82) is 0 Å². The van der Waals surface area contributed by atoms with E-state index in [0.29, 0.717) is 4.47 Å². The molecule has 0 radical (unpaired) electrons. The van der Waals surface area contributed by atoms with E-state index in [4.69, 9.17) is 4.74 Å². The number of hydrogen-bond acceptors (Lipinski definition) is 4. The SMILES string of the molecule is CCC(C)NC(=O)c1ccccc1NS(=O)(=O)c1cc(Br)ccc1OC. The zero-order chi connectivity index (χ0) is 19.3. The minimum absolute atomic E-state index is 0.0164. The van der Waals surface area contributed by atoms with Gasteiger partial charge >= 0.3 is 0 Å². The molecule has 2 aromatic rings. The maximum atomic E-state index is 12.8. The Bertz CT molecular complexity index is 900. The van der Waals surface area contributed by atoms with Crippen LogP contribution < -0.4 is 14.8 Å². The molecule has 0 fully saturated rings. The van der Waals surface area contributed by atoms with Crippen LogP contribution in [0.15, 0.2) is 51.8 Å². The second-order valence-electron chi connectivity index (χ2n) is 5.73. The van der Waals surface area contributed by atoms with Gasteiger partial charge in [-0.25, -0.2) is 8.42 Å². The maximum absolute atomic E-state index is 12.8. The molecule has 0 spiro atoms. The summed E-state index contributed by atoms with van der Waals surface area (Å²) in [5.74, 6) is -0.124. The number of para-hydroxylation sites is 1. The van der Waals surface area contributed by atoms with Crippen molar-refractivity contribution in [1.82, 2.24) is 5.32 Å². The van der Waals surface area contributed by atoms with Crippen molar-refractivity contribution in [3.05, 3.63) is 52.5 Å². The van der Waals surface area contributed by atoms with Gasteiger partial charge in [-0.15, -0.1) is 0 Å². The molecule has 1 unspecified atom stereocenters. The summed E-state index contributed by atoms with van der Waals surface area (Å²) < 4.78 is 33.9. The first kappa shape index (κ1) is 20.3. The predicted octanol–water partition coefficient (Wildman–Crippen LogP) is 3.79. The van der Waals surface area contributed by atoms with E-state index in [1.807, 2.05) is 13.8 Å². The van der Waals surface area contributed by atoms with Crippen molar-refractivity contribution >= 4 is 37.5 Å². The van der Waals surface area contributed by atoms with E-state index >= 15 is 0 Å². The van der Waals surface area contributed by atoms with Crippen LogP contribution in [0, 0.1) is 0 Å². The zero-order valence-corrected chi connectivity index (χ0v) is 17.1. The number of carbonyl (C=O) groups excluding carboxylic acids is 1. The van der Waals surface area contributed by atoms with Gasteiger partial charge in [-0.3, -0.25) is 9.52 Å². The van der Waals surface area contributed by atoms with E-state index in [9.17, 15) is 13.2 Å². The summed E-state index contributed by atoms with van der Waals surface area (Å²) in [6.45, 7) is 3.84. The number of methoxy groups -OCH3 is 1. The largest absolute Gasteiger partial charge is 0.495 e. The lowest BCUT2D eigenvalue weighted by atomic mass is 10.1. The number of nitrogens with one attached hydrogen (secondary N) is 2. The average molecular weight is 441 g/mol. The highest BCUT2D eigenvalue weighted by atomic mass is 79.9. The fourth-order valence-electron chi connectivity index (χ4n) is 2.23. The highest BCUT2D eigenvalue weighted by Gasteiger charge is 2.23. The maximum Gasteiger partial charge on any atom is 0.265 e. The predicted molar refractivity (Wildman–Crippen MR) is 105 cm³/mol. The number of carbonyl (C=O) groups is 1. The molecule has 6 nitrogen and oxygen atoms in total. The standard InChI is InChI=1S/C18H21BrN2O4S/c1-4-12(2)20-18(22)14-7-5-6-8-15(14)21-26(23,24)17-11-13(19)9-10-16(17)25-3/h5-12,21H,4H2,1-3H3,(H,20,22). The van der Waals surface area contributed by atoms with Crippen LogP contribution in [0.4, 0.5) is 5.69 Å². The lowest BCUT2D eigenvalue weighted by molar-refractivity contribution is 0.0940. The molecule has 0 aliphatic carbocycles. The summed E-state index contributed by atoms with van der Waals surface area (Å²) in [4.78, 5) is 12.4. The molecule has 0 aromatic heterocycles.